The Balaban J connectivity index is 1.72. The number of nitrogens with one attached hydrogen (secondary N) is 1. The highest BCUT2D eigenvalue weighted by Crippen LogP contribution is 2.24. The van der Waals surface area contributed by atoms with Crippen LogP contribution < -0.4 is 10.9 Å². The number of aromatic nitrogens is 2. The topological polar surface area (TPSA) is 64.0 Å². The van der Waals surface area contributed by atoms with Gasteiger partial charge < -0.3 is 5.32 Å². The molecular weight excluding hydrogens is 370 g/mol. The summed E-state index contributed by atoms with van der Waals surface area (Å²) in [5, 5.41) is 4.43. The second-order valence-electron chi connectivity index (χ2n) is 8.36. The Bertz CT molecular complexity index is 870. The van der Waals surface area contributed by atoms with Gasteiger partial charge in [0.1, 0.15) is 0 Å². The highest BCUT2D eigenvalue weighted by atomic mass is 32.2. The van der Waals surface area contributed by atoms with E-state index >= 15 is 0 Å². The number of thioether (sulfide) groups is 1. The number of para-hydroxylation sites is 1. The smallest absolute Gasteiger partial charge is 0.262 e. The summed E-state index contributed by atoms with van der Waals surface area (Å²) >= 11 is 1.36. The maximum atomic E-state index is 13.0. The van der Waals surface area contributed by atoms with E-state index in [0.29, 0.717) is 34.3 Å². The SMILES string of the molecule is CC(C)CCn1c(SCC(=O)NC2CCC(C)CC2)nc2ccccc2c1=O. The van der Waals surface area contributed by atoms with E-state index in [2.05, 4.69) is 31.1 Å². The highest BCUT2D eigenvalue weighted by Gasteiger charge is 2.20. The molecule has 0 aliphatic heterocycles. The maximum absolute atomic E-state index is 13.0. The number of carbonyl (C=O) groups excluding carboxylic acids is 1. The van der Waals surface area contributed by atoms with Crippen molar-refractivity contribution in [2.45, 2.75) is 70.6 Å². The van der Waals surface area contributed by atoms with Gasteiger partial charge in [0.05, 0.1) is 16.7 Å². The summed E-state index contributed by atoms with van der Waals surface area (Å²) < 4.78 is 1.74. The first-order chi connectivity index (χ1) is 13.4. The van der Waals surface area contributed by atoms with Gasteiger partial charge in [-0.25, -0.2) is 4.98 Å². The predicted molar refractivity (Wildman–Crippen MR) is 116 cm³/mol. The molecule has 5 nitrogen and oxygen atoms in total. The normalized spacial score (nSPS) is 19.9. The fourth-order valence-corrected chi connectivity index (χ4v) is 4.48. The Morgan fingerprint density at radius 1 is 1.25 bits per heavy atom. The molecular formula is C22H31N3O2S. The molecule has 1 amide bonds. The molecule has 3 rings (SSSR count). The molecule has 0 atom stereocenters. The second kappa shape index (κ2) is 9.59. The number of hydrogen-bond donors (Lipinski definition) is 1. The number of fused-ring (bicyclic) bond motifs is 1. The highest BCUT2D eigenvalue weighted by molar-refractivity contribution is 7.99. The number of rotatable bonds is 7. The molecule has 0 saturated heterocycles. The summed E-state index contributed by atoms with van der Waals surface area (Å²) in [5.41, 5.74) is 0.674. The van der Waals surface area contributed by atoms with Crippen LogP contribution >= 0.6 is 11.8 Å². The molecule has 28 heavy (non-hydrogen) atoms. The Morgan fingerprint density at radius 3 is 2.68 bits per heavy atom. The van der Waals surface area contributed by atoms with E-state index in [1.807, 2.05) is 24.3 Å². The summed E-state index contributed by atoms with van der Waals surface area (Å²) in [5.74, 6) is 1.58. The predicted octanol–water partition coefficient (Wildman–Crippen LogP) is 4.23. The average Bonchev–Trinajstić information content (AvgIpc) is 2.67. The Hall–Kier alpha value is -1.82. The third-order valence-electron chi connectivity index (χ3n) is 5.47. The van der Waals surface area contributed by atoms with Gasteiger partial charge >= 0.3 is 0 Å². The van der Waals surface area contributed by atoms with E-state index in [1.54, 1.807) is 4.57 Å². The van der Waals surface area contributed by atoms with Gasteiger partial charge in [0.25, 0.3) is 5.56 Å². The van der Waals surface area contributed by atoms with Gasteiger partial charge in [-0.15, -0.1) is 0 Å². The van der Waals surface area contributed by atoms with Gasteiger partial charge in [-0.1, -0.05) is 44.7 Å². The fraction of sp³-hybridized carbons (Fsp3) is 0.591. The Labute approximate surface area is 171 Å². The first-order valence-electron chi connectivity index (χ1n) is 10.4. The lowest BCUT2D eigenvalue weighted by Gasteiger charge is -2.26. The second-order valence-corrected chi connectivity index (χ2v) is 9.31. The zero-order valence-corrected chi connectivity index (χ0v) is 17.9. The van der Waals surface area contributed by atoms with E-state index < -0.39 is 0 Å². The minimum atomic E-state index is -0.0181. The molecule has 1 heterocycles. The third kappa shape index (κ3) is 5.37. The van der Waals surface area contributed by atoms with Crippen LogP contribution in [0, 0.1) is 11.8 Å². The number of hydrogen-bond acceptors (Lipinski definition) is 4. The monoisotopic (exact) mass is 401 g/mol. The molecule has 0 spiro atoms. The van der Waals surface area contributed by atoms with Crippen molar-refractivity contribution >= 4 is 28.6 Å². The molecule has 0 radical (unpaired) electrons. The fourth-order valence-electron chi connectivity index (χ4n) is 3.65. The van der Waals surface area contributed by atoms with Crippen molar-refractivity contribution in [2.75, 3.05) is 5.75 Å². The number of nitrogens with zero attached hydrogens (tertiary/aromatic N) is 2. The van der Waals surface area contributed by atoms with E-state index in [4.69, 9.17) is 0 Å². The van der Waals surface area contributed by atoms with Gasteiger partial charge in [0.15, 0.2) is 5.16 Å². The molecule has 0 unspecified atom stereocenters. The van der Waals surface area contributed by atoms with Crippen LogP contribution in [0.3, 0.4) is 0 Å². The molecule has 152 valence electrons. The van der Waals surface area contributed by atoms with Crippen molar-refractivity contribution in [3.8, 4) is 0 Å². The van der Waals surface area contributed by atoms with E-state index in [9.17, 15) is 9.59 Å². The average molecular weight is 402 g/mol. The van der Waals surface area contributed by atoms with Crippen LogP contribution in [0.5, 0.6) is 0 Å². The van der Waals surface area contributed by atoms with Crippen molar-refractivity contribution in [1.29, 1.82) is 0 Å². The Morgan fingerprint density at radius 2 is 1.96 bits per heavy atom. The van der Waals surface area contributed by atoms with Crippen molar-refractivity contribution in [3.63, 3.8) is 0 Å². The zero-order chi connectivity index (χ0) is 20.1. The number of benzene rings is 1. The standard InChI is InChI=1S/C22H31N3O2S/c1-15(2)12-13-25-21(27)18-6-4-5-7-19(18)24-22(25)28-14-20(26)23-17-10-8-16(3)9-11-17/h4-7,15-17H,8-14H2,1-3H3,(H,23,26). The molecule has 1 aromatic carbocycles. The largest absolute Gasteiger partial charge is 0.353 e. The molecule has 1 fully saturated rings. The lowest BCUT2D eigenvalue weighted by Crippen LogP contribution is -2.38. The van der Waals surface area contributed by atoms with Gasteiger partial charge in [0.2, 0.25) is 5.91 Å². The van der Waals surface area contributed by atoms with Crippen molar-refractivity contribution in [3.05, 3.63) is 34.6 Å². The molecule has 1 aliphatic rings. The number of amides is 1. The quantitative estimate of drug-likeness (QED) is 0.557. The molecule has 6 heteroatoms. The van der Waals surface area contributed by atoms with Gasteiger partial charge in [-0.3, -0.25) is 14.2 Å². The van der Waals surface area contributed by atoms with E-state index in [1.165, 1.54) is 24.6 Å². The number of carbonyl (C=O) groups is 1. The van der Waals surface area contributed by atoms with Crippen LogP contribution in [0.15, 0.2) is 34.2 Å². The van der Waals surface area contributed by atoms with Gasteiger partial charge in [-0.2, -0.15) is 0 Å². The van der Waals surface area contributed by atoms with Gasteiger partial charge in [0, 0.05) is 12.6 Å². The summed E-state index contributed by atoms with van der Waals surface area (Å²) in [4.78, 5) is 30.1. The van der Waals surface area contributed by atoms with Crippen molar-refractivity contribution in [1.82, 2.24) is 14.9 Å². The van der Waals surface area contributed by atoms with Crippen molar-refractivity contribution < 1.29 is 4.79 Å². The minimum Gasteiger partial charge on any atom is -0.353 e. The molecule has 1 aromatic heterocycles. The Kier molecular flexibility index (Phi) is 7.16. The lowest BCUT2D eigenvalue weighted by molar-refractivity contribution is -0.119. The summed E-state index contributed by atoms with van der Waals surface area (Å²) in [6.45, 7) is 7.18. The summed E-state index contributed by atoms with van der Waals surface area (Å²) in [7, 11) is 0. The first-order valence-corrected chi connectivity index (χ1v) is 11.3. The first kappa shape index (κ1) is 20.9. The summed E-state index contributed by atoms with van der Waals surface area (Å²) in [6.07, 6.45) is 5.38. The minimum absolute atomic E-state index is 0.0181. The van der Waals surface area contributed by atoms with Crippen LogP contribution in [0.2, 0.25) is 0 Å². The maximum Gasteiger partial charge on any atom is 0.262 e. The molecule has 2 aromatic rings. The van der Waals surface area contributed by atoms with E-state index in [0.717, 1.165) is 25.2 Å². The summed E-state index contributed by atoms with van der Waals surface area (Å²) in [6, 6.07) is 7.72. The van der Waals surface area contributed by atoms with Crippen LogP contribution in [0.4, 0.5) is 0 Å². The van der Waals surface area contributed by atoms with E-state index in [-0.39, 0.29) is 17.5 Å². The third-order valence-corrected chi connectivity index (χ3v) is 6.45. The molecule has 1 aliphatic carbocycles. The van der Waals surface area contributed by atoms with Crippen molar-refractivity contribution in [2.24, 2.45) is 11.8 Å². The van der Waals surface area contributed by atoms with Gasteiger partial charge in [-0.05, 0) is 56.1 Å². The van der Waals surface area contributed by atoms with Crippen LogP contribution in [0.1, 0.15) is 52.9 Å². The molecule has 1 saturated carbocycles. The lowest BCUT2D eigenvalue weighted by atomic mass is 9.87. The van der Waals surface area contributed by atoms with Crippen LogP contribution in [-0.4, -0.2) is 27.3 Å². The zero-order valence-electron chi connectivity index (χ0n) is 17.1. The molecule has 0 bridgehead atoms. The molecule has 1 N–H and O–H groups in total. The van der Waals surface area contributed by atoms with Crippen LogP contribution in [-0.2, 0) is 11.3 Å². The van der Waals surface area contributed by atoms with Crippen LogP contribution in [0.25, 0.3) is 10.9 Å².